The van der Waals surface area contributed by atoms with Crippen LogP contribution in [0.2, 0.25) is 0 Å². The maximum Gasteiger partial charge on any atom is 0.346 e. The van der Waals surface area contributed by atoms with Crippen LogP contribution in [-0.2, 0) is 18.0 Å². The molecule has 1 aliphatic rings. The van der Waals surface area contributed by atoms with Crippen LogP contribution >= 0.6 is 0 Å². The minimum atomic E-state index is -0.779. The number of aliphatic hydroxyl groups is 1. The van der Waals surface area contributed by atoms with Gasteiger partial charge in [0.2, 0.25) is 0 Å². The number of rotatable bonds is 7. The van der Waals surface area contributed by atoms with Gasteiger partial charge < -0.3 is 24.1 Å². The quantitative estimate of drug-likeness (QED) is 0.426. The fraction of sp³-hybridized carbons (Fsp3) is 0.321. The van der Waals surface area contributed by atoms with E-state index in [0.29, 0.717) is 35.7 Å². The van der Waals surface area contributed by atoms with E-state index in [2.05, 4.69) is 0 Å². The molecule has 3 aromatic rings. The summed E-state index contributed by atoms with van der Waals surface area (Å²) in [6.45, 7) is 6.40. The highest BCUT2D eigenvalue weighted by Crippen LogP contribution is 2.44. The molecule has 1 aliphatic heterocycles. The van der Waals surface area contributed by atoms with Crippen molar-refractivity contribution in [3.63, 3.8) is 0 Å². The van der Waals surface area contributed by atoms with Gasteiger partial charge in [-0.1, -0.05) is 44.2 Å². The second kappa shape index (κ2) is 10.2. The Labute approximate surface area is 200 Å². The van der Waals surface area contributed by atoms with E-state index in [9.17, 15) is 9.90 Å². The number of esters is 1. The molecular weight excluding hydrogens is 432 g/mol. The Morgan fingerprint density at radius 2 is 1.85 bits per heavy atom. The highest BCUT2D eigenvalue weighted by Gasteiger charge is 2.30. The topological polar surface area (TPSA) is 74.2 Å². The summed E-state index contributed by atoms with van der Waals surface area (Å²) >= 11 is 0. The minimum Gasteiger partial charge on any atom is -0.495 e. The Balaban J connectivity index is 1.75. The number of benzene rings is 3. The number of fused-ring (bicyclic) bond motifs is 2. The first-order valence-electron chi connectivity index (χ1n) is 11.4. The second-order valence-corrected chi connectivity index (χ2v) is 8.91. The maximum atomic E-state index is 13.0. The van der Waals surface area contributed by atoms with Crippen LogP contribution in [0.5, 0.6) is 23.0 Å². The van der Waals surface area contributed by atoms with Gasteiger partial charge in [0, 0.05) is 11.1 Å². The highest BCUT2D eigenvalue weighted by atomic mass is 16.6. The predicted molar refractivity (Wildman–Crippen MR) is 129 cm³/mol. The zero-order valence-corrected chi connectivity index (χ0v) is 20.0. The molecule has 6 nitrogen and oxygen atoms in total. The summed E-state index contributed by atoms with van der Waals surface area (Å²) in [5, 5.41) is 10.7. The van der Waals surface area contributed by atoms with E-state index in [1.165, 1.54) is 7.11 Å². The number of carbonyl (C=O) groups excluding carboxylic acids is 1. The lowest BCUT2D eigenvalue weighted by atomic mass is 9.96. The van der Waals surface area contributed by atoms with Gasteiger partial charge in [0.25, 0.3) is 0 Å². The smallest absolute Gasteiger partial charge is 0.346 e. The third kappa shape index (κ3) is 5.02. The van der Waals surface area contributed by atoms with Crippen molar-refractivity contribution >= 4 is 5.97 Å². The Morgan fingerprint density at radius 1 is 1.09 bits per heavy atom. The summed E-state index contributed by atoms with van der Waals surface area (Å²) in [7, 11) is 1.47. The van der Waals surface area contributed by atoms with Gasteiger partial charge in [0.15, 0.2) is 11.5 Å². The average molecular weight is 463 g/mol. The van der Waals surface area contributed by atoms with Crippen molar-refractivity contribution < 1.29 is 28.8 Å². The summed E-state index contributed by atoms with van der Waals surface area (Å²) in [5.41, 5.74) is 3.39. The van der Waals surface area contributed by atoms with Gasteiger partial charge in [0.05, 0.1) is 13.2 Å². The zero-order valence-electron chi connectivity index (χ0n) is 20.0. The summed E-state index contributed by atoms with van der Waals surface area (Å²) < 4.78 is 23.6. The van der Waals surface area contributed by atoms with Gasteiger partial charge in [-0.3, -0.25) is 0 Å². The van der Waals surface area contributed by atoms with Crippen LogP contribution in [0, 0.1) is 12.8 Å². The van der Waals surface area contributed by atoms with E-state index >= 15 is 0 Å². The van der Waals surface area contributed by atoms with Crippen LogP contribution in [0.3, 0.4) is 0 Å². The second-order valence-electron chi connectivity index (χ2n) is 8.91. The average Bonchev–Trinajstić information content (AvgIpc) is 2.81. The first kappa shape index (κ1) is 23.6. The summed E-state index contributed by atoms with van der Waals surface area (Å²) in [6, 6.07) is 17.1. The molecule has 1 atom stereocenters. The number of carbonyl (C=O) groups is 1. The third-order valence-electron chi connectivity index (χ3n) is 5.70. The van der Waals surface area contributed by atoms with Gasteiger partial charge in [-0.25, -0.2) is 4.79 Å². The molecule has 0 radical (unpaired) electrons. The molecule has 1 N–H and O–H groups in total. The number of cyclic esters (lactones) is 1. The molecule has 178 valence electrons. The summed E-state index contributed by atoms with van der Waals surface area (Å²) in [6.07, 6.45) is -0.247. The zero-order chi connectivity index (χ0) is 24.2. The Morgan fingerprint density at radius 3 is 2.56 bits per heavy atom. The minimum absolute atomic E-state index is 0.0267. The van der Waals surface area contributed by atoms with Crippen molar-refractivity contribution in [3.8, 4) is 23.0 Å². The largest absolute Gasteiger partial charge is 0.495 e. The van der Waals surface area contributed by atoms with E-state index < -0.39 is 12.1 Å². The molecule has 1 heterocycles. The Kier molecular flexibility index (Phi) is 7.08. The van der Waals surface area contributed by atoms with E-state index in [4.69, 9.17) is 18.9 Å². The van der Waals surface area contributed by atoms with Gasteiger partial charge in [-0.2, -0.15) is 0 Å². The highest BCUT2D eigenvalue weighted by molar-refractivity contribution is 5.96. The normalized spacial score (nSPS) is 13.6. The molecule has 4 rings (SSSR count). The van der Waals surface area contributed by atoms with E-state index in [1.807, 2.05) is 63.2 Å². The monoisotopic (exact) mass is 462 g/mol. The number of hydrogen-bond acceptors (Lipinski definition) is 6. The van der Waals surface area contributed by atoms with Gasteiger partial charge >= 0.3 is 5.97 Å². The molecule has 34 heavy (non-hydrogen) atoms. The standard InChI is InChI=1S/C28H30O6/c1-17(2)12-22(29)21-10-11-23-25(27(21)31-4)28(30)33-16-20-13-18(3)14-24(26(20)34-23)32-15-19-8-6-5-7-9-19/h5-11,13-14,17,22,29H,12,15-16H2,1-4H3/t22-/m0/s1. The van der Waals surface area contributed by atoms with Crippen LogP contribution in [0.25, 0.3) is 0 Å². The molecule has 0 bridgehead atoms. The molecule has 0 saturated heterocycles. The molecular formula is C28H30O6. The molecule has 0 unspecified atom stereocenters. The molecule has 0 saturated carbocycles. The molecule has 0 aromatic heterocycles. The summed E-state index contributed by atoms with van der Waals surface area (Å²) in [5.74, 6) is 1.31. The van der Waals surface area contributed by atoms with Crippen molar-refractivity contribution in [2.24, 2.45) is 5.92 Å². The number of methoxy groups -OCH3 is 1. The van der Waals surface area contributed by atoms with Crippen LogP contribution < -0.4 is 14.2 Å². The SMILES string of the molecule is COc1c([C@@H](O)CC(C)C)ccc2c1C(=O)OCc1cc(C)cc(OCc3ccccc3)c1O2. The van der Waals surface area contributed by atoms with Crippen LogP contribution in [-0.4, -0.2) is 18.2 Å². The van der Waals surface area contributed by atoms with Crippen LogP contribution in [0.4, 0.5) is 0 Å². The molecule has 0 fully saturated rings. The van der Waals surface area contributed by atoms with E-state index in [-0.39, 0.29) is 29.6 Å². The number of aryl methyl sites for hydroxylation is 1. The Bertz CT molecular complexity index is 1170. The molecule has 0 amide bonds. The van der Waals surface area contributed by atoms with Crippen LogP contribution in [0.1, 0.15) is 59.0 Å². The number of aliphatic hydroxyl groups excluding tert-OH is 1. The predicted octanol–water partition coefficient (Wildman–Crippen LogP) is 6.12. The first-order chi connectivity index (χ1) is 16.4. The van der Waals surface area contributed by atoms with E-state index in [0.717, 1.165) is 11.1 Å². The lowest BCUT2D eigenvalue weighted by Gasteiger charge is -2.24. The fourth-order valence-electron chi connectivity index (χ4n) is 4.12. The first-order valence-corrected chi connectivity index (χ1v) is 11.4. The number of ether oxygens (including phenoxy) is 4. The maximum absolute atomic E-state index is 13.0. The lowest BCUT2D eigenvalue weighted by molar-refractivity contribution is 0.0453. The Hall–Kier alpha value is -3.51. The van der Waals surface area contributed by atoms with Crippen molar-refractivity contribution in [3.05, 3.63) is 82.4 Å². The molecule has 6 heteroatoms. The van der Waals surface area contributed by atoms with Crippen molar-refractivity contribution in [1.29, 1.82) is 0 Å². The number of hydrogen-bond donors (Lipinski definition) is 1. The van der Waals surface area contributed by atoms with Crippen molar-refractivity contribution in [2.75, 3.05) is 7.11 Å². The van der Waals surface area contributed by atoms with Gasteiger partial charge in [0.1, 0.15) is 30.3 Å². The van der Waals surface area contributed by atoms with E-state index in [1.54, 1.807) is 12.1 Å². The van der Waals surface area contributed by atoms with Gasteiger partial charge in [-0.05, 0) is 54.7 Å². The summed E-state index contributed by atoms with van der Waals surface area (Å²) in [4.78, 5) is 13.0. The fourth-order valence-corrected chi connectivity index (χ4v) is 4.12. The lowest BCUT2D eigenvalue weighted by Crippen LogP contribution is -2.15. The third-order valence-corrected chi connectivity index (χ3v) is 5.70. The molecule has 3 aromatic carbocycles. The van der Waals surface area contributed by atoms with Crippen LogP contribution in [0.15, 0.2) is 54.6 Å². The van der Waals surface area contributed by atoms with Gasteiger partial charge in [-0.15, -0.1) is 0 Å². The van der Waals surface area contributed by atoms with Crippen molar-refractivity contribution in [2.45, 2.75) is 46.5 Å². The molecule has 0 aliphatic carbocycles. The van der Waals surface area contributed by atoms with Crippen molar-refractivity contribution in [1.82, 2.24) is 0 Å². The molecule has 0 spiro atoms.